The van der Waals surface area contributed by atoms with Gasteiger partial charge in [-0.1, -0.05) is 12.1 Å². The lowest BCUT2D eigenvalue weighted by Crippen LogP contribution is -2.32. The zero-order valence-electron chi connectivity index (χ0n) is 18.9. The third-order valence-electron chi connectivity index (χ3n) is 6.89. The molecule has 2 aliphatic heterocycles. The number of carbonyl (C=O) groups excluding carboxylic acids is 1. The number of carbonyl (C=O) groups is 1. The van der Waals surface area contributed by atoms with E-state index >= 15 is 0 Å². The summed E-state index contributed by atoms with van der Waals surface area (Å²) in [6.45, 7) is 11.3. The van der Waals surface area contributed by atoms with E-state index in [0.29, 0.717) is 13.1 Å². The maximum Gasteiger partial charge on any atom is 0.256 e. The number of para-hydroxylation sites is 1. The van der Waals surface area contributed by atoms with E-state index in [2.05, 4.69) is 36.8 Å². The Hall–Kier alpha value is -2.93. The summed E-state index contributed by atoms with van der Waals surface area (Å²) in [5, 5.41) is 4.80. The smallest absolute Gasteiger partial charge is 0.256 e. The van der Waals surface area contributed by atoms with Gasteiger partial charge in [0.1, 0.15) is 0 Å². The van der Waals surface area contributed by atoms with Crippen molar-refractivity contribution in [3.05, 3.63) is 58.0 Å². The molecule has 4 heterocycles. The van der Waals surface area contributed by atoms with Crippen LogP contribution in [0.25, 0.3) is 5.65 Å². The Morgan fingerprint density at radius 1 is 1.00 bits per heavy atom. The molecule has 0 unspecified atom stereocenters. The molecule has 2 aliphatic rings. The second-order valence-corrected chi connectivity index (χ2v) is 8.89. The van der Waals surface area contributed by atoms with E-state index in [1.165, 1.54) is 5.56 Å². The van der Waals surface area contributed by atoms with E-state index in [-0.39, 0.29) is 5.91 Å². The van der Waals surface area contributed by atoms with E-state index in [1.54, 1.807) is 0 Å². The first-order valence-corrected chi connectivity index (χ1v) is 11.1. The van der Waals surface area contributed by atoms with Gasteiger partial charge in [-0.15, -0.1) is 0 Å². The number of benzene rings is 1. The van der Waals surface area contributed by atoms with Gasteiger partial charge in [-0.3, -0.25) is 4.79 Å². The molecule has 0 radical (unpaired) electrons. The number of likely N-dealkylation sites (N-methyl/N-ethyl adjacent to an activating group) is 1. The Morgan fingerprint density at radius 3 is 2.65 bits per heavy atom. The van der Waals surface area contributed by atoms with Gasteiger partial charge in [0.25, 0.3) is 5.91 Å². The molecule has 7 nitrogen and oxygen atoms in total. The molecule has 0 spiro atoms. The molecule has 162 valence electrons. The summed E-state index contributed by atoms with van der Waals surface area (Å²) in [7, 11) is 2.16. The summed E-state index contributed by atoms with van der Waals surface area (Å²) in [5.41, 5.74) is 8.05. The molecule has 31 heavy (non-hydrogen) atoms. The predicted molar refractivity (Wildman–Crippen MR) is 122 cm³/mol. The first-order valence-electron chi connectivity index (χ1n) is 11.1. The maximum atomic E-state index is 13.6. The third kappa shape index (κ3) is 3.37. The summed E-state index contributed by atoms with van der Waals surface area (Å²) in [6, 6.07) is 8.04. The highest BCUT2D eigenvalue weighted by atomic mass is 16.2. The normalized spacial score (nSPS) is 17.3. The monoisotopic (exact) mass is 418 g/mol. The molecule has 0 bridgehead atoms. The highest BCUT2D eigenvalue weighted by molar-refractivity contribution is 6.00. The van der Waals surface area contributed by atoms with Gasteiger partial charge in [-0.05, 0) is 58.5 Å². The quantitative estimate of drug-likeness (QED) is 0.641. The minimum Gasteiger partial charge on any atom is -0.370 e. The molecule has 1 aromatic carbocycles. The predicted octanol–water partition coefficient (Wildman–Crippen LogP) is 2.95. The lowest BCUT2D eigenvalue weighted by atomic mass is 10.1. The Kier molecular flexibility index (Phi) is 4.93. The molecule has 0 saturated carbocycles. The van der Waals surface area contributed by atoms with Gasteiger partial charge in [0.15, 0.2) is 5.65 Å². The van der Waals surface area contributed by atoms with E-state index in [4.69, 9.17) is 10.1 Å². The topological polar surface area (TPSA) is 57.0 Å². The molecule has 1 amide bonds. The molecule has 5 rings (SSSR count). The van der Waals surface area contributed by atoms with Crippen LogP contribution in [0.3, 0.4) is 0 Å². The van der Waals surface area contributed by atoms with Crippen LogP contribution in [0, 0.1) is 20.8 Å². The third-order valence-corrected chi connectivity index (χ3v) is 6.89. The molecule has 1 fully saturated rings. The van der Waals surface area contributed by atoms with Crippen molar-refractivity contribution in [1.29, 1.82) is 0 Å². The lowest BCUT2D eigenvalue weighted by molar-refractivity contribution is 0.0750. The average Bonchev–Trinajstić information content (AvgIpc) is 3.25. The number of hydrogen-bond donors (Lipinski definition) is 0. The van der Waals surface area contributed by atoms with Crippen LogP contribution in [-0.4, -0.2) is 63.5 Å². The average molecular weight is 419 g/mol. The van der Waals surface area contributed by atoms with Crippen molar-refractivity contribution in [3.63, 3.8) is 0 Å². The highest BCUT2D eigenvalue weighted by Gasteiger charge is 2.31. The SMILES string of the molecule is Cc1nc2c3c(nn2c(C)c1C)CN(C(=O)c1ccccc1N1CCCN(C)CC1)C3. The molecular weight excluding hydrogens is 388 g/mol. The van der Waals surface area contributed by atoms with Crippen LogP contribution in [-0.2, 0) is 13.1 Å². The molecule has 1 saturated heterocycles. The molecule has 0 atom stereocenters. The van der Waals surface area contributed by atoms with Crippen molar-refractivity contribution >= 4 is 17.2 Å². The molecule has 0 aliphatic carbocycles. The summed E-state index contributed by atoms with van der Waals surface area (Å²) >= 11 is 0. The van der Waals surface area contributed by atoms with E-state index in [9.17, 15) is 4.79 Å². The van der Waals surface area contributed by atoms with E-state index < -0.39 is 0 Å². The molecule has 2 aromatic heterocycles. The zero-order chi connectivity index (χ0) is 21.7. The highest BCUT2D eigenvalue weighted by Crippen LogP contribution is 2.31. The van der Waals surface area contributed by atoms with Crippen molar-refractivity contribution < 1.29 is 4.79 Å². The van der Waals surface area contributed by atoms with Crippen LogP contribution in [0.5, 0.6) is 0 Å². The number of aromatic nitrogens is 3. The lowest BCUT2D eigenvalue weighted by Gasteiger charge is -2.26. The number of rotatable bonds is 2. The number of amides is 1. The molecule has 0 N–H and O–H groups in total. The summed E-state index contributed by atoms with van der Waals surface area (Å²) < 4.78 is 1.94. The van der Waals surface area contributed by atoms with Crippen molar-refractivity contribution in [2.45, 2.75) is 40.3 Å². The Morgan fingerprint density at radius 2 is 1.81 bits per heavy atom. The summed E-state index contributed by atoms with van der Waals surface area (Å²) in [5.74, 6) is 0.0740. The van der Waals surface area contributed by atoms with Crippen molar-refractivity contribution in [2.75, 3.05) is 38.1 Å². The summed E-state index contributed by atoms with van der Waals surface area (Å²) in [6.07, 6.45) is 1.11. The van der Waals surface area contributed by atoms with Crippen LogP contribution in [0.2, 0.25) is 0 Å². The van der Waals surface area contributed by atoms with Gasteiger partial charge in [-0.25, -0.2) is 9.50 Å². The minimum atomic E-state index is 0.0740. The van der Waals surface area contributed by atoms with Crippen LogP contribution in [0.4, 0.5) is 5.69 Å². The van der Waals surface area contributed by atoms with Crippen molar-refractivity contribution in [2.24, 2.45) is 0 Å². The second-order valence-electron chi connectivity index (χ2n) is 8.89. The standard InChI is InChI=1S/C24H30N6O/c1-16-17(2)25-23-20-14-29(15-21(20)26-30(23)18(16)3)24(31)19-8-5-6-9-22(19)28-11-7-10-27(4)12-13-28/h5-6,8-9H,7,10-15H2,1-4H3. The van der Waals surface area contributed by atoms with Crippen LogP contribution >= 0.6 is 0 Å². The Bertz CT molecular complexity index is 1170. The first-order chi connectivity index (χ1) is 14.9. The Labute approximate surface area is 183 Å². The van der Waals surface area contributed by atoms with E-state index in [0.717, 1.165) is 72.1 Å². The summed E-state index contributed by atoms with van der Waals surface area (Å²) in [4.78, 5) is 25.0. The second kappa shape index (κ2) is 7.64. The van der Waals surface area contributed by atoms with Crippen LogP contribution in [0.15, 0.2) is 24.3 Å². The van der Waals surface area contributed by atoms with E-state index in [1.807, 2.05) is 34.5 Å². The van der Waals surface area contributed by atoms with Gasteiger partial charge in [0, 0.05) is 42.3 Å². The van der Waals surface area contributed by atoms with Crippen molar-refractivity contribution in [1.82, 2.24) is 24.4 Å². The first kappa shape index (κ1) is 20.0. The molecular formula is C24H30N6O. The number of aryl methyl sites for hydroxylation is 2. The van der Waals surface area contributed by atoms with Gasteiger partial charge >= 0.3 is 0 Å². The number of hydrogen-bond acceptors (Lipinski definition) is 5. The molecule has 7 heteroatoms. The number of fused-ring (bicyclic) bond motifs is 3. The fourth-order valence-corrected chi connectivity index (χ4v) is 4.75. The van der Waals surface area contributed by atoms with Crippen LogP contribution < -0.4 is 4.90 Å². The maximum absolute atomic E-state index is 13.6. The number of nitrogens with zero attached hydrogens (tertiary/aromatic N) is 6. The van der Waals surface area contributed by atoms with Gasteiger partial charge in [0.2, 0.25) is 0 Å². The molecule has 3 aromatic rings. The fourth-order valence-electron chi connectivity index (χ4n) is 4.75. The zero-order valence-corrected chi connectivity index (χ0v) is 18.9. The number of anilines is 1. The van der Waals surface area contributed by atoms with Crippen LogP contribution in [0.1, 0.15) is 45.0 Å². The Balaban J connectivity index is 1.44. The largest absolute Gasteiger partial charge is 0.370 e. The minimum absolute atomic E-state index is 0.0740. The fraction of sp³-hybridized carbons (Fsp3) is 0.458. The van der Waals surface area contributed by atoms with Gasteiger partial charge < -0.3 is 14.7 Å². The van der Waals surface area contributed by atoms with Gasteiger partial charge in [0.05, 0.1) is 24.3 Å². The van der Waals surface area contributed by atoms with Gasteiger partial charge in [-0.2, -0.15) is 5.10 Å². The van der Waals surface area contributed by atoms with Crippen molar-refractivity contribution in [3.8, 4) is 0 Å².